The molecule has 1 aromatic carbocycles. The number of rotatable bonds is 2. The van der Waals surface area contributed by atoms with E-state index in [9.17, 15) is 0 Å². The number of imidazole rings is 1. The molecule has 0 fully saturated rings. The summed E-state index contributed by atoms with van der Waals surface area (Å²) in [5.74, 6) is 0.782. The highest BCUT2D eigenvalue weighted by atomic mass is 15.2. The molecule has 0 bridgehead atoms. The van der Waals surface area contributed by atoms with E-state index in [4.69, 9.17) is 0 Å². The van der Waals surface area contributed by atoms with Gasteiger partial charge in [-0.2, -0.15) is 0 Å². The average molecular weight is 264 g/mol. The van der Waals surface area contributed by atoms with Gasteiger partial charge in [-0.3, -0.25) is 4.40 Å². The number of fused-ring (bicyclic) bond motifs is 1. The molecule has 0 unspecified atom stereocenters. The molecular weight excluding hydrogens is 248 g/mol. The van der Waals surface area contributed by atoms with Crippen LogP contribution in [0.4, 0.5) is 11.5 Å². The third-order valence-electron chi connectivity index (χ3n) is 3.20. The molecule has 4 heteroatoms. The molecule has 0 amide bonds. The molecular formula is C16H16N4. The molecule has 2 heterocycles. The molecule has 100 valence electrons. The third kappa shape index (κ3) is 2.32. The molecule has 3 aromatic rings. The van der Waals surface area contributed by atoms with Crippen molar-refractivity contribution in [3.8, 4) is 0 Å². The number of nitrogens with zero attached hydrogens (tertiary/aromatic N) is 4. The van der Waals surface area contributed by atoms with Crippen LogP contribution in [0.5, 0.6) is 0 Å². The number of aryl methyl sites for hydroxylation is 3. The highest BCUT2D eigenvalue weighted by Gasteiger charge is 2.07. The van der Waals surface area contributed by atoms with E-state index in [1.54, 1.807) is 0 Å². The summed E-state index contributed by atoms with van der Waals surface area (Å²) in [6.45, 7) is 6.06. The SMILES string of the molecule is Cc1ccc(N=Nc2c(C)nc3ccc(C)cn23)cc1. The van der Waals surface area contributed by atoms with Crippen molar-refractivity contribution >= 4 is 17.2 Å². The van der Waals surface area contributed by atoms with E-state index in [0.29, 0.717) is 0 Å². The second-order valence-electron chi connectivity index (χ2n) is 4.99. The summed E-state index contributed by atoms with van der Waals surface area (Å²) in [5, 5.41) is 8.66. The van der Waals surface area contributed by atoms with E-state index >= 15 is 0 Å². The van der Waals surface area contributed by atoms with Gasteiger partial charge in [-0.1, -0.05) is 23.8 Å². The van der Waals surface area contributed by atoms with E-state index in [1.165, 1.54) is 11.1 Å². The van der Waals surface area contributed by atoms with Crippen LogP contribution in [0.1, 0.15) is 16.8 Å². The van der Waals surface area contributed by atoms with Gasteiger partial charge in [-0.05, 0) is 44.5 Å². The predicted molar refractivity (Wildman–Crippen MR) is 80.0 cm³/mol. The van der Waals surface area contributed by atoms with Gasteiger partial charge in [0.15, 0.2) is 5.82 Å². The lowest BCUT2D eigenvalue weighted by Crippen LogP contribution is -1.84. The number of azo groups is 1. The van der Waals surface area contributed by atoms with E-state index in [1.807, 2.05) is 53.9 Å². The van der Waals surface area contributed by atoms with Crippen LogP contribution >= 0.6 is 0 Å². The second kappa shape index (κ2) is 4.89. The quantitative estimate of drug-likeness (QED) is 0.620. The first-order chi connectivity index (χ1) is 9.63. The average Bonchev–Trinajstić information content (AvgIpc) is 2.73. The van der Waals surface area contributed by atoms with Gasteiger partial charge in [-0.25, -0.2) is 4.98 Å². The van der Waals surface area contributed by atoms with Crippen LogP contribution < -0.4 is 0 Å². The lowest BCUT2D eigenvalue weighted by atomic mass is 10.2. The van der Waals surface area contributed by atoms with Crippen LogP contribution in [0.2, 0.25) is 0 Å². The van der Waals surface area contributed by atoms with E-state index < -0.39 is 0 Å². The van der Waals surface area contributed by atoms with Crippen molar-refractivity contribution in [2.45, 2.75) is 20.8 Å². The zero-order chi connectivity index (χ0) is 14.1. The first kappa shape index (κ1) is 12.5. The Morgan fingerprint density at radius 1 is 0.850 bits per heavy atom. The number of benzene rings is 1. The Bertz CT molecular complexity index is 782. The monoisotopic (exact) mass is 264 g/mol. The Balaban J connectivity index is 2.03. The maximum Gasteiger partial charge on any atom is 0.182 e. The smallest absolute Gasteiger partial charge is 0.182 e. The Hall–Kier alpha value is -2.49. The molecule has 3 rings (SSSR count). The minimum Gasteiger partial charge on any atom is -0.283 e. The van der Waals surface area contributed by atoms with Gasteiger partial charge in [-0.15, -0.1) is 10.2 Å². The van der Waals surface area contributed by atoms with Crippen LogP contribution in [0, 0.1) is 20.8 Å². The molecule has 0 N–H and O–H groups in total. The number of aromatic nitrogens is 2. The van der Waals surface area contributed by atoms with Crippen LogP contribution in [0.15, 0.2) is 52.8 Å². The van der Waals surface area contributed by atoms with Crippen molar-refractivity contribution < 1.29 is 0 Å². The summed E-state index contributed by atoms with van der Waals surface area (Å²) >= 11 is 0. The van der Waals surface area contributed by atoms with Crippen molar-refractivity contribution in [3.63, 3.8) is 0 Å². The molecule has 0 spiro atoms. The predicted octanol–water partition coefficient (Wildman–Crippen LogP) is 4.67. The van der Waals surface area contributed by atoms with Gasteiger partial charge in [0.1, 0.15) is 5.65 Å². The van der Waals surface area contributed by atoms with Crippen molar-refractivity contribution in [1.82, 2.24) is 9.38 Å². The molecule has 0 radical (unpaired) electrons. The lowest BCUT2D eigenvalue weighted by Gasteiger charge is -1.98. The minimum atomic E-state index is 0.782. The fraction of sp³-hybridized carbons (Fsp3) is 0.188. The number of hydrogen-bond donors (Lipinski definition) is 0. The maximum absolute atomic E-state index is 4.49. The van der Waals surface area contributed by atoms with Crippen molar-refractivity contribution in [2.75, 3.05) is 0 Å². The Morgan fingerprint density at radius 3 is 2.30 bits per heavy atom. The zero-order valence-corrected chi connectivity index (χ0v) is 11.8. The van der Waals surface area contributed by atoms with Crippen LogP contribution in [-0.2, 0) is 0 Å². The molecule has 0 saturated carbocycles. The molecule has 0 aliphatic rings. The Morgan fingerprint density at radius 2 is 1.55 bits per heavy atom. The standard InChI is InChI=1S/C16H16N4/c1-11-4-7-14(8-5-11)18-19-16-13(3)17-15-9-6-12(2)10-20(15)16/h4-10H,1-3H3. The third-order valence-corrected chi connectivity index (χ3v) is 3.20. The Kier molecular flexibility index (Phi) is 3.06. The van der Waals surface area contributed by atoms with Crippen LogP contribution in [0.25, 0.3) is 5.65 Å². The molecule has 0 aliphatic carbocycles. The summed E-state index contributed by atoms with van der Waals surface area (Å²) in [6.07, 6.45) is 2.03. The summed E-state index contributed by atoms with van der Waals surface area (Å²) in [6, 6.07) is 12.0. The molecule has 20 heavy (non-hydrogen) atoms. The van der Waals surface area contributed by atoms with Gasteiger partial charge in [0.05, 0.1) is 11.4 Å². The first-order valence-corrected chi connectivity index (χ1v) is 6.57. The van der Waals surface area contributed by atoms with Crippen molar-refractivity contribution in [3.05, 3.63) is 59.4 Å². The van der Waals surface area contributed by atoms with Crippen LogP contribution in [-0.4, -0.2) is 9.38 Å². The van der Waals surface area contributed by atoms with Crippen molar-refractivity contribution in [2.24, 2.45) is 10.2 Å². The molecule has 0 saturated heterocycles. The number of pyridine rings is 1. The topological polar surface area (TPSA) is 42.0 Å². The van der Waals surface area contributed by atoms with E-state index in [-0.39, 0.29) is 0 Å². The number of hydrogen-bond acceptors (Lipinski definition) is 3. The first-order valence-electron chi connectivity index (χ1n) is 6.57. The molecule has 0 aliphatic heterocycles. The van der Waals surface area contributed by atoms with Gasteiger partial charge in [0, 0.05) is 6.20 Å². The fourth-order valence-corrected chi connectivity index (χ4v) is 2.09. The summed E-state index contributed by atoms with van der Waals surface area (Å²) in [7, 11) is 0. The minimum absolute atomic E-state index is 0.782. The van der Waals surface area contributed by atoms with Gasteiger partial charge < -0.3 is 0 Å². The van der Waals surface area contributed by atoms with Gasteiger partial charge in [0.2, 0.25) is 0 Å². The highest BCUT2D eigenvalue weighted by Crippen LogP contribution is 2.24. The van der Waals surface area contributed by atoms with Crippen molar-refractivity contribution in [1.29, 1.82) is 0 Å². The lowest BCUT2D eigenvalue weighted by molar-refractivity contribution is 1.08. The molecule has 2 aromatic heterocycles. The maximum atomic E-state index is 4.49. The van der Waals surface area contributed by atoms with E-state index in [0.717, 1.165) is 22.8 Å². The van der Waals surface area contributed by atoms with E-state index in [2.05, 4.69) is 29.1 Å². The summed E-state index contributed by atoms with van der Waals surface area (Å²) in [5.41, 5.74) is 5.00. The largest absolute Gasteiger partial charge is 0.283 e. The summed E-state index contributed by atoms with van der Waals surface area (Å²) < 4.78 is 1.97. The fourth-order valence-electron chi connectivity index (χ4n) is 2.09. The molecule has 4 nitrogen and oxygen atoms in total. The van der Waals surface area contributed by atoms with Gasteiger partial charge in [0.25, 0.3) is 0 Å². The normalized spacial score (nSPS) is 11.6. The highest BCUT2D eigenvalue weighted by molar-refractivity contribution is 5.52. The zero-order valence-electron chi connectivity index (χ0n) is 11.8. The second-order valence-corrected chi connectivity index (χ2v) is 4.99. The van der Waals surface area contributed by atoms with Gasteiger partial charge >= 0.3 is 0 Å². The Labute approximate surface area is 117 Å². The molecule has 0 atom stereocenters. The summed E-state index contributed by atoms with van der Waals surface area (Å²) in [4.78, 5) is 4.49. The van der Waals surface area contributed by atoms with Crippen LogP contribution in [0.3, 0.4) is 0 Å².